The van der Waals surface area contributed by atoms with Gasteiger partial charge < -0.3 is 51.4 Å². The Kier molecular flexibility index (Phi) is 9.37. The first-order valence-electron chi connectivity index (χ1n) is 9.68. The number of ether oxygens (including phenoxy) is 1. The van der Waals surface area contributed by atoms with Gasteiger partial charge in [0.25, 0.3) is 0 Å². The first kappa shape index (κ1) is 24.4. The van der Waals surface area contributed by atoms with Crippen molar-refractivity contribution in [2.24, 2.45) is 5.73 Å². The van der Waals surface area contributed by atoms with Crippen LogP contribution in [-0.4, -0.2) is 80.5 Å². The number of aliphatic hydroxyl groups excluding tert-OH is 4. The van der Waals surface area contributed by atoms with E-state index in [0.717, 1.165) is 19.1 Å². The summed E-state index contributed by atoms with van der Waals surface area (Å²) in [5, 5.41) is 55.7. The average molecular weight is 444 g/mol. The average Bonchev–Trinajstić information content (AvgIpc) is 2.73. The van der Waals surface area contributed by atoms with E-state index in [1.54, 1.807) is 0 Å². The van der Waals surface area contributed by atoms with Gasteiger partial charge in [0.2, 0.25) is 0 Å². The van der Waals surface area contributed by atoms with E-state index in [1.165, 1.54) is 18.2 Å². The summed E-state index contributed by atoms with van der Waals surface area (Å²) in [4.78, 5) is 11.3. The summed E-state index contributed by atoms with van der Waals surface area (Å²) in [5.74, 6) is -0.126. The van der Waals surface area contributed by atoms with Crippen LogP contribution in [0.2, 0.25) is 0 Å². The highest BCUT2D eigenvalue weighted by Gasteiger charge is 2.44. The van der Waals surface area contributed by atoms with Crippen molar-refractivity contribution in [3.8, 4) is 5.75 Å². The summed E-state index contributed by atoms with van der Waals surface area (Å²) < 4.78 is 5.57. The molecule has 168 valence electrons. The molecule has 0 amide bonds. The van der Waals surface area contributed by atoms with Crippen LogP contribution < -0.4 is 16.4 Å². The van der Waals surface area contributed by atoms with Crippen molar-refractivity contribution in [1.29, 1.82) is 0 Å². The van der Waals surface area contributed by atoms with E-state index in [1.807, 2.05) is 0 Å². The van der Waals surface area contributed by atoms with Gasteiger partial charge in [-0.05, 0) is 56.2 Å². The monoisotopic (exact) mass is 443 g/mol. The Balaban J connectivity index is 2.18. The molecule has 1 fully saturated rings. The molecule has 0 unspecified atom stereocenters. The molecule has 1 aliphatic rings. The smallest absolute Gasteiger partial charge is 0.171 e. The van der Waals surface area contributed by atoms with Crippen LogP contribution in [0.15, 0.2) is 18.2 Å². The number of carbonyl (C=O) groups excluding carboxylic acids is 1. The van der Waals surface area contributed by atoms with Crippen LogP contribution in [0, 0.1) is 0 Å². The maximum absolute atomic E-state index is 11.3. The second-order valence-corrected chi connectivity index (χ2v) is 7.55. The number of nitrogens with two attached hydrogens (primary N) is 1. The third-order valence-corrected chi connectivity index (χ3v) is 5.15. The lowest BCUT2D eigenvalue weighted by Gasteiger charge is -2.40. The molecule has 0 aromatic heterocycles. The predicted octanol–water partition coefficient (Wildman–Crippen LogP) is -1.11. The lowest BCUT2D eigenvalue weighted by Crippen LogP contribution is -2.55. The van der Waals surface area contributed by atoms with E-state index in [0.29, 0.717) is 18.7 Å². The van der Waals surface area contributed by atoms with Gasteiger partial charge in [-0.2, -0.15) is 0 Å². The zero-order chi connectivity index (χ0) is 22.3. The molecule has 9 N–H and O–H groups in total. The number of benzene rings is 1. The zero-order valence-corrected chi connectivity index (χ0v) is 17.2. The lowest BCUT2D eigenvalue weighted by atomic mass is 9.90. The third-order valence-electron chi connectivity index (χ3n) is 4.93. The molecule has 30 heavy (non-hydrogen) atoms. The van der Waals surface area contributed by atoms with Crippen LogP contribution in [0.25, 0.3) is 0 Å². The molecule has 1 aromatic carbocycles. The van der Waals surface area contributed by atoms with Crippen molar-refractivity contribution >= 4 is 29.3 Å². The van der Waals surface area contributed by atoms with E-state index in [2.05, 4.69) is 10.6 Å². The highest BCUT2D eigenvalue weighted by Crippen LogP contribution is 2.37. The number of unbranched alkanes of at least 4 members (excludes halogenated alkanes) is 1. The molecule has 11 heteroatoms. The van der Waals surface area contributed by atoms with E-state index < -0.39 is 43.2 Å². The van der Waals surface area contributed by atoms with Crippen LogP contribution in [-0.2, 0) is 9.53 Å². The first-order valence-corrected chi connectivity index (χ1v) is 10.1. The summed E-state index contributed by atoms with van der Waals surface area (Å²) in [7, 11) is 0. The summed E-state index contributed by atoms with van der Waals surface area (Å²) in [6, 6.07) is 3.68. The Morgan fingerprint density at radius 1 is 1.23 bits per heavy atom. The minimum absolute atomic E-state index is 0.126. The van der Waals surface area contributed by atoms with Crippen molar-refractivity contribution in [3.05, 3.63) is 23.8 Å². The van der Waals surface area contributed by atoms with Crippen LogP contribution in [0.5, 0.6) is 5.75 Å². The van der Waals surface area contributed by atoms with Gasteiger partial charge in [0.05, 0.1) is 12.6 Å². The number of hydrogen-bond donors (Lipinski definition) is 8. The number of aldehydes is 1. The predicted molar refractivity (Wildman–Crippen MR) is 113 cm³/mol. The minimum atomic E-state index is -1.57. The topological polar surface area (TPSA) is 178 Å². The van der Waals surface area contributed by atoms with E-state index in [4.69, 9.17) is 22.7 Å². The quantitative estimate of drug-likeness (QED) is 0.100. The minimum Gasteiger partial charge on any atom is -0.508 e. The number of anilines is 1. The molecule has 1 heterocycles. The Bertz CT molecular complexity index is 721. The largest absolute Gasteiger partial charge is 0.508 e. The highest BCUT2D eigenvalue weighted by molar-refractivity contribution is 7.80. The fourth-order valence-electron chi connectivity index (χ4n) is 3.27. The van der Waals surface area contributed by atoms with Gasteiger partial charge in [-0.3, -0.25) is 0 Å². The van der Waals surface area contributed by atoms with Gasteiger partial charge in [-0.25, -0.2) is 0 Å². The second kappa shape index (κ2) is 11.5. The SMILES string of the molecule is NCCCC[C@@H](C=O)NC(=S)Nc1ccc(O)cc1[C@H]1O[C@H](CO)[C@@H](O)[C@H](O)[C@H]1O. The summed E-state index contributed by atoms with van der Waals surface area (Å²) in [6.45, 7) is -0.0446. The van der Waals surface area contributed by atoms with E-state index >= 15 is 0 Å². The van der Waals surface area contributed by atoms with Crippen molar-refractivity contribution in [2.75, 3.05) is 18.5 Å². The standard InChI is InChI=1S/C19H29N3O7S/c20-6-2-1-3-10(8-23)21-19(30)22-13-5-4-11(25)7-12(13)18-17(28)16(27)15(26)14(9-24)29-18/h4-5,7-8,10,14-18,24-28H,1-3,6,9,20H2,(H2,21,22,30)/t10-,14+,15+,16-,17+,18+/m0/s1. The van der Waals surface area contributed by atoms with Crippen molar-refractivity contribution in [1.82, 2.24) is 5.32 Å². The van der Waals surface area contributed by atoms with E-state index in [-0.39, 0.29) is 16.4 Å². The van der Waals surface area contributed by atoms with Crippen molar-refractivity contribution < 1.29 is 35.1 Å². The highest BCUT2D eigenvalue weighted by atomic mass is 32.1. The molecule has 0 spiro atoms. The number of phenols is 1. The fourth-order valence-corrected chi connectivity index (χ4v) is 3.53. The Morgan fingerprint density at radius 2 is 1.97 bits per heavy atom. The van der Waals surface area contributed by atoms with Crippen LogP contribution in [0.4, 0.5) is 5.69 Å². The maximum atomic E-state index is 11.3. The normalized spacial score (nSPS) is 27.3. The summed E-state index contributed by atoms with van der Waals surface area (Å²) in [6.07, 6.45) is -4.01. The lowest BCUT2D eigenvalue weighted by molar-refractivity contribution is -0.231. The number of aromatic hydroxyl groups is 1. The number of nitrogens with one attached hydrogen (secondary N) is 2. The molecule has 0 aliphatic carbocycles. The molecule has 10 nitrogen and oxygen atoms in total. The molecule has 0 saturated carbocycles. The number of carbonyl (C=O) groups is 1. The van der Waals surface area contributed by atoms with Crippen molar-refractivity contribution in [2.45, 2.75) is 55.8 Å². The number of phenolic OH excluding ortho intramolecular Hbond substituents is 1. The summed E-state index contributed by atoms with van der Waals surface area (Å²) in [5.41, 5.74) is 6.06. The van der Waals surface area contributed by atoms with Crippen LogP contribution >= 0.6 is 12.2 Å². The third kappa shape index (κ3) is 6.08. The van der Waals surface area contributed by atoms with Crippen LogP contribution in [0.3, 0.4) is 0 Å². The molecule has 0 radical (unpaired) electrons. The van der Waals surface area contributed by atoms with Crippen LogP contribution in [0.1, 0.15) is 30.9 Å². The number of aliphatic hydroxyl groups is 4. The summed E-state index contributed by atoms with van der Waals surface area (Å²) >= 11 is 5.27. The van der Waals surface area contributed by atoms with Gasteiger partial charge in [0.15, 0.2) is 5.11 Å². The van der Waals surface area contributed by atoms with Crippen molar-refractivity contribution in [3.63, 3.8) is 0 Å². The molecule has 2 rings (SSSR count). The van der Waals surface area contributed by atoms with E-state index in [9.17, 15) is 30.3 Å². The van der Waals surface area contributed by atoms with Gasteiger partial charge in [-0.15, -0.1) is 0 Å². The molecule has 1 saturated heterocycles. The van der Waals surface area contributed by atoms with Gasteiger partial charge >= 0.3 is 0 Å². The molecule has 1 aliphatic heterocycles. The first-order chi connectivity index (χ1) is 14.3. The molecular formula is C19H29N3O7S. The molecule has 0 bridgehead atoms. The Labute approximate surface area is 179 Å². The number of hydrogen-bond acceptors (Lipinski definition) is 9. The van der Waals surface area contributed by atoms with Gasteiger partial charge in [0, 0.05) is 11.3 Å². The maximum Gasteiger partial charge on any atom is 0.171 e. The van der Waals surface area contributed by atoms with Gasteiger partial charge in [0.1, 0.15) is 42.6 Å². The Hall–Kier alpha value is -1.86. The van der Waals surface area contributed by atoms with Gasteiger partial charge in [-0.1, -0.05) is 0 Å². The zero-order valence-electron chi connectivity index (χ0n) is 16.3. The number of thiocarbonyl (C=S) groups is 1. The molecular weight excluding hydrogens is 414 g/mol. The Morgan fingerprint density at radius 3 is 2.60 bits per heavy atom. The number of rotatable bonds is 9. The molecule has 6 atom stereocenters. The molecule has 1 aromatic rings. The fraction of sp³-hybridized carbons (Fsp3) is 0.579. The second-order valence-electron chi connectivity index (χ2n) is 7.15.